The van der Waals surface area contributed by atoms with Crippen LogP contribution in [0.2, 0.25) is 0 Å². The van der Waals surface area contributed by atoms with E-state index in [-0.39, 0.29) is 6.42 Å². The maximum Gasteiger partial charge on any atom is 0.250 e. The van der Waals surface area contributed by atoms with Crippen LogP contribution < -0.4 is 10.2 Å². The van der Waals surface area contributed by atoms with Gasteiger partial charge in [-0.15, -0.1) is 0 Å². The number of piperazine rings is 1. The summed E-state index contributed by atoms with van der Waals surface area (Å²) < 4.78 is 27.6. The van der Waals surface area contributed by atoms with Crippen LogP contribution in [0.1, 0.15) is 20.3 Å². The molecule has 0 aliphatic carbocycles. The molecule has 2 rings (SSSR count). The van der Waals surface area contributed by atoms with E-state index in [9.17, 15) is 18.4 Å². The number of benzene rings is 1. The third-order valence-corrected chi connectivity index (χ3v) is 3.15. The lowest BCUT2D eigenvalue weighted by molar-refractivity contribution is -0.133. The Bertz CT molecular complexity index is 513. The lowest BCUT2D eigenvalue weighted by Crippen LogP contribution is -2.63. The van der Waals surface area contributed by atoms with Gasteiger partial charge >= 0.3 is 0 Å². The molecule has 1 aromatic carbocycles. The zero-order chi connectivity index (χ0) is 14.2. The van der Waals surface area contributed by atoms with E-state index in [2.05, 4.69) is 5.32 Å². The van der Waals surface area contributed by atoms with Crippen molar-refractivity contribution in [3.8, 4) is 0 Å². The van der Waals surface area contributed by atoms with E-state index >= 15 is 0 Å². The van der Waals surface area contributed by atoms with E-state index in [0.717, 1.165) is 17.0 Å². The molecule has 1 saturated heterocycles. The topological polar surface area (TPSA) is 49.4 Å². The summed E-state index contributed by atoms with van der Waals surface area (Å²) in [6.07, 6.45) is 0.276. The van der Waals surface area contributed by atoms with E-state index in [4.69, 9.17) is 0 Å². The minimum atomic E-state index is -0.893. The summed E-state index contributed by atoms with van der Waals surface area (Å²) in [6.45, 7) is 3.16. The van der Waals surface area contributed by atoms with Crippen molar-refractivity contribution in [1.82, 2.24) is 5.32 Å². The van der Waals surface area contributed by atoms with Crippen LogP contribution in [0.25, 0.3) is 0 Å². The number of hydrogen-bond acceptors (Lipinski definition) is 2. The fourth-order valence-electron chi connectivity index (χ4n) is 2.20. The molecule has 4 nitrogen and oxygen atoms in total. The highest BCUT2D eigenvalue weighted by atomic mass is 19.1. The van der Waals surface area contributed by atoms with Gasteiger partial charge in [0.05, 0.1) is 0 Å². The van der Waals surface area contributed by atoms with Gasteiger partial charge in [-0.1, -0.05) is 13.0 Å². The van der Waals surface area contributed by atoms with Crippen LogP contribution in [0.3, 0.4) is 0 Å². The highest BCUT2D eigenvalue weighted by Gasteiger charge is 2.40. The minimum Gasteiger partial charge on any atom is -0.343 e. The van der Waals surface area contributed by atoms with Gasteiger partial charge in [0, 0.05) is 0 Å². The van der Waals surface area contributed by atoms with E-state index in [1.165, 1.54) is 13.0 Å². The molecule has 1 aliphatic heterocycles. The van der Waals surface area contributed by atoms with Gasteiger partial charge in [-0.25, -0.2) is 8.78 Å². The third-order valence-electron chi connectivity index (χ3n) is 3.15. The monoisotopic (exact) mass is 268 g/mol. The molecule has 1 fully saturated rings. The van der Waals surface area contributed by atoms with Gasteiger partial charge in [-0.05, 0) is 25.5 Å². The molecule has 2 amide bonds. The number of carbonyl (C=O) groups is 2. The summed E-state index contributed by atoms with van der Waals surface area (Å²) >= 11 is 0. The highest BCUT2D eigenvalue weighted by molar-refractivity contribution is 6.08. The maximum atomic E-state index is 13.8. The molecule has 0 spiro atoms. The molecule has 0 radical (unpaired) electrons. The van der Waals surface area contributed by atoms with Gasteiger partial charge in [-0.2, -0.15) is 0 Å². The normalized spacial score (nSPS) is 23.5. The number of anilines is 1. The van der Waals surface area contributed by atoms with E-state index < -0.39 is 41.2 Å². The Labute approximate surface area is 109 Å². The van der Waals surface area contributed by atoms with Crippen LogP contribution >= 0.6 is 0 Å². The molecule has 1 aromatic rings. The van der Waals surface area contributed by atoms with Crippen LogP contribution in [0.15, 0.2) is 18.2 Å². The Balaban J connectivity index is 2.55. The Hall–Kier alpha value is -1.98. The maximum absolute atomic E-state index is 13.8. The van der Waals surface area contributed by atoms with Crippen molar-refractivity contribution in [2.24, 2.45) is 0 Å². The highest BCUT2D eigenvalue weighted by Crippen LogP contribution is 2.28. The van der Waals surface area contributed by atoms with E-state index in [1.54, 1.807) is 6.92 Å². The van der Waals surface area contributed by atoms with Gasteiger partial charge in [-0.3, -0.25) is 14.5 Å². The van der Waals surface area contributed by atoms with Crippen LogP contribution in [0, 0.1) is 11.6 Å². The second-order valence-electron chi connectivity index (χ2n) is 4.43. The molecule has 2 atom stereocenters. The minimum absolute atomic E-state index is 0.276. The van der Waals surface area contributed by atoms with Crippen LogP contribution in [-0.4, -0.2) is 23.9 Å². The largest absolute Gasteiger partial charge is 0.343 e. The summed E-state index contributed by atoms with van der Waals surface area (Å²) in [5.41, 5.74) is -0.457. The first-order chi connectivity index (χ1) is 8.97. The molecule has 1 aliphatic rings. The number of hydrogen-bond donors (Lipinski definition) is 1. The standard InChI is InChI=1S/C13H14F2N2O2/c1-3-10-12(18)16-7(2)13(19)17(10)11-8(14)5-4-6-9(11)15/h4-7,10H,3H2,1-2H3,(H,16,18). The van der Waals surface area contributed by atoms with Crippen molar-refractivity contribution in [3.63, 3.8) is 0 Å². The van der Waals surface area contributed by atoms with Gasteiger partial charge in [0.1, 0.15) is 29.4 Å². The summed E-state index contributed by atoms with van der Waals surface area (Å²) in [5.74, 6) is -2.63. The number of para-hydroxylation sites is 1. The van der Waals surface area contributed by atoms with Crippen molar-refractivity contribution in [2.45, 2.75) is 32.4 Å². The zero-order valence-electron chi connectivity index (χ0n) is 10.6. The second-order valence-corrected chi connectivity index (χ2v) is 4.43. The van der Waals surface area contributed by atoms with Crippen molar-refractivity contribution < 1.29 is 18.4 Å². The lowest BCUT2D eigenvalue weighted by atomic mass is 10.0. The number of nitrogens with one attached hydrogen (secondary N) is 1. The molecule has 6 heteroatoms. The van der Waals surface area contributed by atoms with E-state index in [1.807, 2.05) is 0 Å². The summed E-state index contributed by atoms with van der Waals surface area (Å²) in [4.78, 5) is 24.9. The number of amides is 2. The Morgan fingerprint density at radius 2 is 1.84 bits per heavy atom. The smallest absolute Gasteiger partial charge is 0.250 e. The summed E-state index contributed by atoms with van der Waals surface area (Å²) in [7, 11) is 0. The second kappa shape index (κ2) is 4.95. The molecule has 0 bridgehead atoms. The van der Waals surface area contributed by atoms with Crippen molar-refractivity contribution in [2.75, 3.05) is 4.90 Å². The number of nitrogens with zero attached hydrogens (tertiary/aromatic N) is 1. The lowest BCUT2D eigenvalue weighted by Gasteiger charge is -2.37. The predicted octanol–water partition coefficient (Wildman–Crippen LogP) is 1.59. The zero-order valence-corrected chi connectivity index (χ0v) is 10.6. The van der Waals surface area contributed by atoms with Gasteiger partial charge in [0.15, 0.2) is 0 Å². The molecular formula is C13H14F2N2O2. The first kappa shape index (κ1) is 13.5. The fraction of sp³-hybridized carbons (Fsp3) is 0.385. The van der Waals surface area contributed by atoms with Crippen LogP contribution in [0.5, 0.6) is 0 Å². The van der Waals surface area contributed by atoms with E-state index in [0.29, 0.717) is 0 Å². The summed E-state index contributed by atoms with van der Waals surface area (Å²) in [6, 6.07) is 1.66. The predicted molar refractivity (Wildman–Crippen MR) is 65.5 cm³/mol. The molecule has 1 N–H and O–H groups in total. The number of halogens is 2. The number of carbonyl (C=O) groups excluding carboxylic acids is 2. The van der Waals surface area contributed by atoms with Gasteiger partial charge < -0.3 is 5.32 Å². The average molecular weight is 268 g/mol. The first-order valence-electron chi connectivity index (χ1n) is 6.04. The number of rotatable bonds is 2. The Kier molecular flexibility index (Phi) is 3.50. The summed E-state index contributed by atoms with van der Waals surface area (Å²) in [5, 5.41) is 2.49. The van der Waals surface area contributed by atoms with Crippen molar-refractivity contribution in [3.05, 3.63) is 29.8 Å². The molecule has 0 saturated carbocycles. The Morgan fingerprint density at radius 1 is 1.26 bits per heavy atom. The Morgan fingerprint density at radius 3 is 2.37 bits per heavy atom. The van der Waals surface area contributed by atoms with Crippen LogP contribution in [0.4, 0.5) is 14.5 Å². The van der Waals surface area contributed by atoms with Crippen molar-refractivity contribution >= 4 is 17.5 Å². The quantitative estimate of drug-likeness (QED) is 0.885. The molecule has 19 heavy (non-hydrogen) atoms. The third kappa shape index (κ3) is 2.18. The van der Waals surface area contributed by atoms with Crippen LogP contribution in [-0.2, 0) is 9.59 Å². The molecule has 0 aromatic heterocycles. The fourth-order valence-corrected chi connectivity index (χ4v) is 2.20. The molecule has 1 heterocycles. The molecule has 102 valence electrons. The average Bonchev–Trinajstić information content (AvgIpc) is 2.35. The molecular weight excluding hydrogens is 254 g/mol. The first-order valence-corrected chi connectivity index (χ1v) is 6.04. The SMILES string of the molecule is CCC1C(=O)NC(C)C(=O)N1c1c(F)cccc1F. The van der Waals surface area contributed by atoms with Gasteiger partial charge in [0.2, 0.25) is 11.8 Å². The van der Waals surface area contributed by atoms with Crippen molar-refractivity contribution in [1.29, 1.82) is 0 Å². The van der Waals surface area contributed by atoms with Gasteiger partial charge in [0.25, 0.3) is 0 Å². The molecule has 2 unspecified atom stereocenters.